The van der Waals surface area contributed by atoms with Crippen LogP contribution >= 0.6 is 6.72 Å². The molecule has 0 amide bonds. The predicted molar refractivity (Wildman–Crippen MR) is 94.9 cm³/mol. The molecule has 0 aromatic rings. The lowest BCUT2D eigenvalue weighted by Gasteiger charge is -2.07. The van der Waals surface area contributed by atoms with Crippen molar-refractivity contribution in [1.82, 2.24) is 0 Å². The van der Waals surface area contributed by atoms with Crippen LogP contribution in [0.25, 0.3) is 0 Å². The van der Waals surface area contributed by atoms with Gasteiger partial charge in [0.1, 0.15) is 0 Å². The molecule has 21 heavy (non-hydrogen) atoms. The average Bonchev–Trinajstić information content (AvgIpc) is 2.42. The van der Waals surface area contributed by atoms with E-state index in [0.29, 0.717) is 6.61 Å². The van der Waals surface area contributed by atoms with Crippen molar-refractivity contribution in [2.75, 3.05) is 6.61 Å². The normalized spacial score (nSPS) is 12.3. The molecular formula is C16H33O3PS. The first-order valence-electron chi connectivity index (χ1n) is 8.41. The highest BCUT2D eigenvalue weighted by Gasteiger charge is 2.05. The van der Waals surface area contributed by atoms with Crippen LogP contribution in [0.15, 0.2) is 12.2 Å². The average molecular weight is 336 g/mol. The van der Waals surface area contributed by atoms with Crippen molar-refractivity contribution in [3.05, 3.63) is 12.2 Å². The molecule has 0 aliphatic rings. The second-order valence-electron chi connectivity index (χ2n) is 5.55. The van der Waals surface area contributed by atoms with Gasteiger partial charge in [-0.2, -0.15) is 0 Å². The van der Waals surface area contributed by atoms with Crippen LogP contribution in [0.1, 0.15) is 84.0 Å². The summed E-state index contributed by atoms with van der Waals surface area (Å²) in [6, 6.07) is 0. The van der Waals surface area contributed by atoms with Gasteiger partial charge in [-0.05, 0) is 43.9 Å². The van der Waals surface area contributed by atoms with Crippen LogP contribution in [-0.4, -0.2) is 16.4 Å². The van der Waals surface area contributed by atoms with Crippen LogP contribution in [0.5, 0.6) is 0 Å². The minimum atomic E-state index is -3.43. The van der Waals surface area contributed by atoms with Crippen molar-refractivity contribution in [3.63, 3.8) is 0 Å². The molecule has 0 aromatic carbocycles. The summed E-state index contributed by atoms with van der Waals surface area (Å²) in [4.78, 5) is 17.7. The van der Waals surface area contributed by atoms with Gasteiger partial charge in [0.05, 0.1) is 6.61 Å². The van der Waals surface area contributed by atoms with Gasteiger partial charge in [0.25, 0.3) is 0 Å². The van der Waals surface area contributed by atoms with E-state index >= 15 is 0 Å². The maximum atomic E-state index is 8.87. The SMILES string of the molecule is CCCCCC/C=C\CCCCCCCCOP(O)(O)=S. The van der Waals surface area contributed by atoms with E-state index in [1.807, 2.05) is 0 Å². The lowest BCUT2D eigenvalue weighted by Crippen LogP contribution is -1.91. The molecule has 0 spiro atoms. The van der Waals surface area contributed by atoms with Gasteiger partial charge in [0.2, 0.25) is 0 Å². The van der Waals surface area contributed by atoms with Gasteiger partial charge in [0, 0.05) is 0 Å². The summed E-state index contributed by atoms with van der Waals surface area (Å²) < 4.78 is 4.76. The molecule has 0 rings (SSSR count). The molecule has 0 heterocycles. The lowest BCUT2D eigenvalue weighted by atomic mass is 10.1. The van der Waals surface area contributed by atoms with Gasteiger partial charge in [0.15, 0.2) is 0 Å². The molecule has 0 saturated carbocycles. The first kappa shape index (κ1) is 21.3. The Bertz CT molecular complexity index is 289. The Morgan fingerprint density at radius 3 is 1.81 bits per heavy atom. The zero-order chi connectivity index (χ0) is 15.8. The Hall–Kier alpha value is 0.270. The Kier molecular flexibility index (Phi) is 15.4. The Morgan fingerprint density at radius 1 is 0.810 bits per heavy atom. The third kappa shape index (κ3) is 20.3. The van der Waals surface area contributed by atoms with E-state index in [4.69, 9.17) is 14.3 Å². The first-order chi connectivity index (χ1) is 10.1. The van der Waals surface area contributed by atoms with Gasteiger partial charge in [-0.1, -0.05) is 64.0 Å². The van der Waals surface area contributed by atoms with E-state index in [1.165, 1.54) is 64.2 Å². The minimum Gasteiger partial charge on any atom is -0.325 e. The molecule has 0 fully saturated rings. The number of hydrogen-bond acceptors (Lipinski definition) is 2. The number of allylic oxidation sites excluding steroid dienone is 2. The maximum absolute atomic E-state index is 8.87. The standard InChI is InChI=1S/C16H33O3PS/c1-2-3-4-5-6-7-8-9-10-11-12-13-14-15-16-19-20(17,18)21/h7-8H,2-6,9-16H2,1H3,(H2,17,18,21)/b8-7-. The van der Waals surface area contributed by atoms with Gasteiger partial charge in [-0.25, -0.2) is 0 Å². The third-order valence-corrected chi connectivity index (χ3v) is 4.25. The largest absolute Gasteiger partial charge is 0.325 e. The zero-order valence-electron chi connectivity index (χ0n) is 13.5. The number of unbranched alkanes of at least 4 members (excludes halogenated alkanes) is 10. The highest BCUT2D eigenvalue weighted by molar-refractivity contribution is 8.06. The van der Waals surface area contributed by atoms with Crippen molar-refractivity contribution in [2.24, 2.45) is 0 Å². The van der Waals surface area contributed by atoms with E-state index in [9.17, 15) is 0 Å². The molecule has 0 unspecified atom stereocenters. The quantitative estimate of drug-likeness (QED) is 0.236. The smallest absolute Gasteiger partial charge is 0.321 e. The molecule has 3 nitrogen and oxygen atoms in total. The predicted octanol–water partition coefficient (Wildman–Crippen LogP) is 5.47. The molecule has 0 aliphatic heterocycles. The van der Waals surface area contributed by atoms with Crippen molar-refractivity contribution in [1.29, 1.82) is 0 Å². The van der Waals surface area contributed by atoms with Gasteiger partial charge in [-0.15, -0.1) is 0 Å². The fraction of sp³-hybridized carbons (Fsp3) is 0.875. The van der Waals surface area contributed by atoms with Crippen molar-refractivity contribution >= 4 is 18.5 Å². The highest BCUT2D eigenvalue weighted by Crippen LogP contribution is 2.36. The molecule has 0 radical (unpaired) electrons. The monoisotopic (exact) mass is 336 g/mol. The molecule has 0 saturated heterocycles. The fourth-order valence-corrected chi connectivity index (χ4v) is 2.77. The molecule has 0 atom stereocenters. The summed E-state index contributed by atoms with van der Waals surface area (Å²) in [5, 5.41) is 0. The molecule has 0 bridgehead atoms. The molecule has 5 heteroatoms. The van der Waals surface area contributed by atoms with Crippen LogP contribution in [0.3, 0.4) is 0 Å². The van der Waals surface area contributed by atoms with Crippen LogP contribution in [0, 0.1) is 0 Å². The summed E-state index contributed by atoms with van der Waals surface area (Å²) in [6.07, 6.45) is 19.4. The fourth-order valence-electron chi connectivity index (χ4n) is 2.18. The first-order valence-corrected chi connectivity index (χ1v) is 11.0. The number of hydrogen-bond donors (Lipinski definition) is 2. The highest BCUT2D eigenvalue weighted by atomic mass is 32.5. The molecule has 0 aliphatic carbocycles. The third-order valence-electron chi connectivity index (χ3n) is 3.42. The lowest BCUT2D eigenvalue weighted by molar-refractivity contribution is 0.245. The van der Waals surface area contributed by atoms with Gasteiger partial charge in [-0.3, -0.25) is 0 Å². The Morgan fingerprint density at radius 2 is 1.29 bits per heavy atom. The Labute approximate surface area is 136 Å². The van der Waals surface area contributed by atoms with E-state index in [1.54, 1.807) is 0 Å². The van der Waals surface area contributed by atoms with Crippen LogP contribution in [0.4, 0.5) is 0 Å². The Balaban J connectivity index is 3.12. The number of rotatable bonds is 15. The zero-order valence-corrected chi connectivity index (χ0v) is 15.2. The molecule has 126 valence electrons. The molecule has 2 N–H and O–H groups in total. The van der Waals surface area contributed by atoms with Gasteiger partial charge < -0.3 is 14.3 Å². The molecule has 0 aromatic heterocycles. The van der Waals surface area contributed by atoms with Crippen molar-refractivity contribution in [3.8, 4) is 0 Å². The van der Waals surface area contributed by atoms with E-state index in [-0.39, 0.29) is 0 Å². The summed E-state index contributed by atoms with van der Waals surface area (Å²) in [5.74, 6) is 0. The van der Waals surface area contributed by atoms with E-state index in [2.05, 4.69) is 30.9 Å². The minimum absolute atomic E-state index is 0.366. The summed E-state index contributed by atoms with van der Waals surface area (Å²) in [5.41, 5.74) is 0. The van der Waals surface area contributed by atoms with Crippen molar-refractivity contribution < 1.29 is 14.3 Å². The molecular weight excluding hydrogens is 303 g/mol. The van der Waals surface area contributed by atoms with Crippen LogP contribution in [0.2, 0.25) is 0 Å². The van der Waals surface area contributed by atoms with E-state index < -0.39 is 6.72 Å². The van der Waals surface area contributed by atoms with E-state index in [0.717, 1.165) is 12.8 Å². The summed E-state index contributed by atoms with van der Waals surface area (Å²) in [7, 11) is 0. The van der Waals surface area contributed by atoms with Crippen LogP contribution < -0.4 is 0 Å². The summed E-state index contributed by atoms with van der Waals surface area (Å²) >= 11 is 4.38. The van der Waals surface area contributed by atoms with Crippen LogP contribution in [-0.2, 0) is 16.3 Å². The topological polar surface area (TPSA) is 49.7 Å². The second kappa shape index (κ2) is 15.2. The van der Waals surface area contributed by atoms with Gasteiger partial charge >= 0.3 is 6.72 Å². The summed E-state index contributed by atoms with van der Waals surface area (Å²) in [6.45, 7) is -0.814. The van der Waals surface area contributed by atoms with Crippen molar-refractivity contribution in [2.45, 2.75) is 84.0 Å². The second-order valence-corrected chi connectivity index (χ2v) is 8.22. The maximum Gasteiger partial charge on any atom is 0.321 e.